The topological polar surface area (TPSA) is 101 Å². The van der Waals surface area contributed by atoms with Crippen molar-refractivity contribution in [3.05, 3.63) is 53.9 Å². The Labute approximate surface area is 147 Å². The third-order valence-corrected chi connectivity index (χ3v) is 3.96. The molecule has 0 aliphatic carbocycles. The summed E-state index contributed by atoms with van der Waals surface area (Å²) in [5, 5.41) is 21.2. The van der Waals surface area contributed by atoms with Crippen molar-refractivity contribution in [2.75, 3.05) is 5.32 Å². The fourth-order valence-corrected chi connectivity index (χ4v) is 2.69. The van der Waals surface area contributed by atoms with Gasteiger partial charge in [0.2, 0.25) is 11.7 Å². The van der Waals surface area contributed by atoms with Gasteiger partial charge in [0.15, 0.2) is 5.65 Å². The van der Waals surface area contributed by atoms with Gasteiger partial charge in [0.05, 0.1) is 17.8 Å². The molecule has 0 fully saturated rings. The molecule has 4 rings (SSSR count). The van der Waals surface area contributed by atoms with Gasteiger partial charge in [-0.05, 0) is 31.2 Å². The zero-order valence-electron chi connectivity index (χ0n) is 14.0. The molecule has 2 N–H and O–H groups in total. The summed E-state index contributed by atoms with van der Waals surface area (Å²) in [6.45, 7) is 3.51. The second-order valence-electron chi connectivity index (χ2n) is 5.85. The highest BCUT2D eigenvalue weighted by molar-refractivity contribution is 5.72. The van der Waals surface area contributed by atoms with Gasteiger partial charge in [0, 0.05) is 18.7 Å². The molecule has 3 heterocycles. The van der Waals surface area contributed by atoms with E-state index in [9.17, 15) is 9.50 Å². The van der Waals surface area contributed by atoms with Crippen LogP contribution in [0.2, 0.25) is 0 Å². The van der Waals surface area contributed by atoms with Gasteiger partial charge in [0.1, 0.15) is 17.4 Å². The quantitative estimate of drug-likeness (QED) is 0.580. The molecule has 1 aromatic carbocycles. The number of nitrogens with one attached hydrogen (secondary N) is 1. The number of nitrogens with zero attached hydrogens (tertiary/aromatic N) is 5. The van der Waals surface area contributed by atoms with E-state index in [0.29, 0.717) is 34.3 Å². The Morgan fingerprint density at radius 3 is 2.88 bits per heavy atom. The van der Waals surface area contributed by atoms with E-state index in [1.807, 2.05) is 0 Å². The molecule has 3 aromatic heterocycles. The first-order valence-electron chi connectivity index (χ1n) is 7.91. The monoisotopic (exact) mass is 354 g/mol. The average Bonchev–Trinajstić information content (AvgIpc) is 3.22. The minimum Gasteiger partial charge on any atom is -0.508 e. The summed E-state index contributed by atoms with van der Waals surface area (Å²) in [5.74, 6) is 0.984. The fraction of sp³-hybridized carbons (Fsp3) is 0.176. The van der Waals surface area contributed by atoms with E-state index in [0.717, 1.165) is 0 Å². The molecule has 0 aliphatic rings. The lowest BCUT2D eigenvalue weighted by molar-refractivity contribution is 0.394. The molecule has 0 radical (unpaired) electrons. The van der Waals surface area contributed by atoms with Gasteiger partial charge < -0.3 is 14.9 Å². The lowest BCUT2D eigenvalue weighted by atomic mass is 10.1. The van der Waals surface area contributed by atoms with Crippen molar-refractivity contribution in [3.63, 3.8) is 0 Å². The highest BCUT2D eigenvalue weighted by atomic mass is 19.1. The second kappa shape index (κ2) is 6.10. The van der Waals surface area contributed by atoms with Gasteiger partial charge in [-0.3, -0.25) is 0 Å². The lowest BCUT2D eigenvalue weighted by Crippen LogP contribution is -2.09. The van der Waals surface area contributed by atoms with Crippen LogP contribution in [-0.2, 0) is 0 Å². The molecular weight excluding hydrogens is 339 g/mol. The Kier molecular flexibility index (Phi) is 3.76. The van der Waals surface area contributed by atoms with Crippen LogP contribution in [-0.4, -0.2) is 29.8 Å². The molecule has 0 spiro atoms. The summed E-state index contributed by atoms with van der Waals surface area (Å²) in [6.07, 6.45) is 3.34. The first-order chi connectivity index (χ1) is 12.5. The molecule has 9 heteroatoms. The molecule has 0 saturated carbocycles. The first-order valence-corrected chi connectivity index (χ1v) is 7.91. The maximum atomic E-state index is 13.5. The van der Waals surface area contributed by atoms with Crippen molar-refractivity contribution in [3.8, 4) is 17.1 Å². The summed E-state index contributed by atoms with van der Waals surface area (Å²) in [6, 6.07) is 5.20. The fourth-order valence-electron chi connectivity index (χ4n) is 2.69. The zero-order valence-corrected chi connectivity index (χ0v) is 14.0. The van der Waals surface area contributed by atoms with Crippen LogP contribution < -0.4 is 5.32 Å². The molecule has 132 valence electrons. The second-order valence-corrected chi connectivity index (χ2v) is 5.85. The lowest BCUT2D eigenvalue weighted by Gasteiger charge is -2.16. The van der Waals surface area contributed by atoms with Crippen LogP contribution >= 0.6 is 0 Å². The van der Waals surface area contributed by atoms with Gasteiger partial charge in [-0.15, -0.1) is 0 Å². The molecular formula is C17H15FN6O2. The van der Waals surface area contributed by atoms with E-state index < -0.39 is 5.82 Å². The largest absolute Gasteiger partial charge is 0.508 e. The number of hydrogen-bond acceptors (Lipinski definition) is 7. The number of anilines is 1. The van der Waals surface area contributed by atoms with Crippen LogP contribution in [0.1, 0.15) is 24.4 Å². The number of aromatic hydroxyl groups is 1. The number of aryl methyl sites for hydroxylation is 1. The molecule has 4 aromatic rings. The van der Waals surface area contributed by atoms with Crippen molar-refractivity contribution in [1.82, 2.24) is 24.7 Å². The Balaban J connectivity index is 1.68. The Morgan fingerprint density at radius 2 is 2.12 bits per heavy atom. The summed E-state index contributed by atoms with van der Waals surface area (Å²) in [5.41, 5.74) is 1.62. The standard InChI is InChI=1S/C17H15FN6O2/c1-9(12-7-11(18)3-4-14(12)25)20-15-5-6-24-17(22-15)13(8-19-24)16-21-10(2)26-23-16/h3-9,25H,1-2H3,(H,20,22). The van der Waals surface area contributed by atoms with E-state index >= 15 is 0 Å². The zero-order chi connectivity index (χ0) is 18.3. The molecule has 0 bridgehead atoms. The average molecular weight is 354 g/mol. The Morgan fingerprint density at radius 1 is 1.27 bits per heavy atom. The predicted molar refractivity (Wildman–Crippen MR) is 91.1 cm³/mol. The number of rotatable bonds is 4. The van der Waals surface area contributed by atoms with Crippen molar-refractivity contribution < 1.29 is 14.0 Å². The third kappa shape index (κ3) is 2.83. The number of halogens is 1. The number of fused-ring (bicyclic) bond motifs is 1. The summed E-state index contributed by atoms with van der Waals surface area (Å²) in [7, 11) is 0. The van der Waals surface area contributed by atoms with Gasteiger partial charge in [-0.25, -0.2) is 13.9 Å². The van der Waals surface area contributed by atoms with Crippen LogP contribution in [0.3, 0.4) is 0 Å². The summed E-state index contributed by atoms with van der Waals surface area (Å²) in [4.78, 5) is 8.73. The molecule has 0 aliphatic heterocycles. The molecule has 0 amide bonds. The van der Waals surface area contributed by atoms with Gasteiger partial charge in [0.25, 0.3) is 0 Å². The van der Waals surface area contributed by atoms with Crippen LogP contribution in [0.15, 0.2) is 41.2 Å². The van der Waals surface area contributed by atoms with Crippen LogP contribution in [0, 0.1) is 12.7 Å². The minimum absolute atomic E-state index is 0.0137. The smallest absolute Gasteiger partial charge is 0.223 e. The van der Waals surface area contributed by atoms with Gasteiger partial charge in [-0.1, -0.05) is 5.16 Å². The Bertz CT molecular complexity index is 1090. The maximum Gasteiger partial charge on any atom is 0.223 e. The van der Waals surface area contributed by atoms with Crippen molar-refractivity contribution in [2.24, 2.45) is 0 Å². The summed E-state index contributed by atoms with van der Waals surface area (Å²) < 4.78 is 20.1. The van der Waals surface area contributed by atoms with Crippen molar-refractivity contribution in [2.45, 2.75) is 19.9 Å². The van der Waals surface area contributed by atoms with Crippen LogP contribution in [0.4, 0.5) is 10.2 Å². The van der Waals surface area contributed by atoms with E-state index in [2.05, 4.69) is 25.5 Å². The van der Waals surface area contributed by atoms with Crippen LogP contribution in [0.5, 0.6) is 5.75 Å². The molecule has 1 atom stereocenters. The SMILES string of the molecule is Cc1nc(-c2cnn3ccc(NC(C)c4cc(F)ccc4O)nc23)no1. The first kappa shape index (κ1) is 16.0. The number of phenols is 1. The molecule has 8 nitrogen and oxygen atoms in total. The van der Waals surface area contributed by atoms with Gasteiger partial charge >= 0.3 is 0 Å². The highest BCUT2D eigenvalue weighted by Gasteiger charge is 2.16. The third-order valence-electron chi connectivity index (χ3n) is 3.96. The number of phenolic OH excluding ortho intramolecular Hbond substituents is 1. The number of aromatic nitrogens is 5. The van der Waals surface area contributed by atoms with Crippen molar-refractivity contribution in [1.29, 1.82) is 0 Å². The van der Waals surface area contributed by atoms with Crippen molar-refractivity contribution >= 4 is 11.5 Å². The van der Waals surface area contributed by atoms with E-state index in [1.54, 1.807) is 36.8 Å². The van der Waals surface area contributed by atoms with E-state index in [-0.39, 0.29) is 11.8 Å². The highest BCUT2D eigenvalue weighted by Crippen LogP contribution is 2.28. The molecule has 26 heavy (non-hydrogen) atoms. The van der Waals surface area contributed by atoms with Crippen LogP contribution in [0.25, 0.3) is 17.0 Å². The van der Waals surface area contributed by atoms with Gasteiger partial charge in [-0.2, -0.15) is 10.1 Å². The molecule has 0 saturated heterocycles. The normalized spacial score (nSPS) is 12.4. The number of benzene rings is 1. The maximum absolute atomic E-state index is 13.5. The Hall–Kier alpha value is -3.49. The number of hydrogen-bond donors (Lipinski definition) is 2. The summed E-state index contributed by atoms with van der Waals surface area (Å²) >= 11 is 0. The van der Waals surface area contributed by atoms with E-state index in [4.69, 9.17) is 4.52 Å². The molecule has 1 unspecified atom stereocenters. The predicted octanol–water partition coefficient (Wildman–Crippen LogP) is 3.11. The minimum atomic E-state index is -0.416. The van der Waals surface area contributed by atoms with E-state index in [1.165, 1.54) is 18.2 Å².